The van der Waals surface area contributed by atoms with Crippen LogP contribution in [0.4, 0.5) is 0 Å². The Labute approximate surface area is 54.3 Å². The summed E-state index contributed by atoms with van der Waals surface area (Å²) >= 11 is 0. The molecule has 0 saturated heterocycles. The fourth-order valence-electron chi connectivity index (χ4n) is 0.710. The Morgan fingerprint density at radius 2 is 1.89 bits per heavy atom. The second-order valence-corrected chi connectivity index (χ2v) is 1.86. The van der Waals surface area contributed by atoms with Crippen LogP contribution in [0.1, 0.15) is 5.56 Å². The molecule has 0 saturated carbocycles. The summed E-state index contributed by atoms with van der Waals surface area (Å²) in [6, 6.07) is 9.68. The van der Waals surface area contributed by atoms with Crippen LogP contribution < -0.4 is 0 Å². The van der Waals surface area contributed by atoms with E-state index in [1.807, 2.05) is 30.3 Å². The van der Waals surface area contributed by atoms with E-state index in [4.69, 9.17) is 0 Å². The highest BCUT2D eigenvalue weighted by Gasteiger charge is 1.84. The topological polar surface area (TPSA) is 17.1 Å². The zero-order chi connectivity index (χ0) is 6.53. The molecule has 0 amide bonds. The van der Waals surface area contributed by atoms with Gasteiger partial charge >= 0.3 is 0 Å². The first-order chi connectivity index (χ1) is 4.43. The van der Waals surface area contributed by atoms with Crippen molar-refractivity contribution in [3.8, 4) is 0 Å². The average molecular weight is 121 g/mol. The van der Waals surface area contributed by atoms with Gasteiger partial charge < -0.3 is 4.79 Å². The number of carbonyl (C=O) groups is 1. The molecular formula is C8H8O. The molecule has 0 aliphatic carbocycles. The standard InChI is InChI=1S/C8H8O/c9-7-6-8-4-2-1-3-5-8/h1-5,7H,6H2/i7+1. The predicted octanol–water partition coefficient (Wildman–Crippen LogP) is 1.43. The highest BCUT2D eigenvalue weighted by molar-refractivity contribution is 5.54. The molecule has 0 bridgehead atoms. The normalized spacial score (nSPS) is 8.89. The molecule has 1 rings (SSSR count). The molecule has 0 heterocycles. The van der Waals surface area contributed by atoms with Crippen molar-refractivity contribution in [1.29, 1.82) is 0 Å². The lowest BCUT2D eigenvalue weighted by atomic mass is 10.2. The van der Waals surface area contributed by atoms with Crippen molar-refractivity contribution in [1.82, 2.24) is 0 Å². The summed E-state index contributed by atoms with van der Waals surface area (Å²) in [5, 5.41) is 0. The zero-order valence-electron chi connectivity index (χ0n) is 5.08. The fourth-order valence-corrected chi connectivity index (χ4v) is 0.710. The Bertz CT molecular complexity index is 179. The van der Waals surface area contributed by atoms with Crippen LogP contribution in [-0.2, 0) is 11.2 Å². The van der Waals surface area contributed by atoms with E-state index in [1.165, 1.54) is 0 Å². The molecule has 1 aromatic rings. The summed E-state index contributed by atoms with van der Waals surface area (Å²) < 4.78 is 0. The van der Waals surface area contributed by atoms with Crippen LogP contribution in [0.25, 0.3) is 0 Å². The summed E-state index contributed by atoms with van der Waals surface area (Å²) in [7, 11) is 0. The van der Waals surface area contributed by atoms with Crippen LogP contribution in [0, 0.1) is 0 Å². The highest BCUT2D eigenvalue weighted by Crippen LogP contribution is 1.96. The Morgan fingerprint density at radius 1 is 1.22 bits per heavy atom. The Kier molecular flexibility index (Phi) is 2.02. The van der Waals surface area contributed by atoms with E-state index in [1.54, 1.807) is 0 Å². The lowest BCUT2D eigenvalue weighted by Gasteiger charge is -1.89. The molecule has 0 fully saturated rings. The van der Waals surface area contributed by atoms with E-state index in [9.17, 15) is 4.79 Å². The molecule has 0 N–H and O–H groups in total. The fraction of sp³-hybridized carbons (Fsp3) is 0.125. The number of hydrogen-bond donors (Lipinski definition) is 0. The molecule has 1 heteroatoms. The first kappa shape index (κ1) is 6.02. The van der Waals surface area contributed by atoms with E-state index in [0.717, 1.165) is 11.8 Å². The van der Waals surface area contributed by atoms with Crippen LogP contribution in [0.5, 0.6) is 0 Å². The van der Waals surface area contributed by atoms with Gasteiger partial charge in [-0.05, 0) is 5.56 Å². The minimum Gasteiger partial charge on any atom is -0.303 e. The maximum atomic E-state index is 9.97. The summed E-state index contributed by atoms with van der Waals surface area (Å²) in [5.74, 6) is 0. The van der Waals surface area contributed by atoms with Crippen LogP contribution in [0.15, 0.2) is 30.3 Å². The van der Waals surface area contributed by atoms with Crippen LogP contribution >= 0.6 is 0 Å². The van der Waals surface area contributed by atoms with Gasteiger partial charge in [-0.1, -0.05) is 30.3 Å². The minimum atomic E-state index is 0.529. The Hall–Kier alpha value is -1.11. The van der Waals surface area contributed by atoms with E-state index >= 15 is 0 Å². The molecule has 1 aromatic carbocycles. The highest BCUT2D eigenvalue weighted by atomic mass is 16.2. The predicted molar refractivity (Wildman–Crippen MR) is 36.2 cm³/mol. The van der Waals surface area contributed by atoms with Gasteiger partial charge in [-0.15, -0.1) is 0 Å². The third kappa shape index (κ3) is 1.68. The summed E-state index contributed by atoms with van der Waals surface area (Å²) in [5.41, 5.74) is 1.08. The van der Waals surface area contributed by atoms with Gasteiger partial charge in [-0.2, -0.15) is 0 Å². The number of rotatable bonds is 2. The van der Waals surface area contributed by atoms with Gasteiger partial charge in [0.15, 0.2) is 0 Å². The molecule has 9 heavy (non-hydrogen) atoms. The maximum absolute atomic E-state index is 9.97. The molecule has 0 aromatic heterocycles. The number of benzene rings is 1. The van der Waals surface area contributed by atoms with Crippen molar-refractivity contribution in [3.63, 3.8) is 0 Å². The van der Waals surface area contributed by atoms with Crippen LogP contribution in [0.3, 0.4) is 0 Å². The Balaban J connectivity index is 2.72. The number of carbonyl (C=O) groups excluding carboxylic acids is 1. The smallest absolute Gasteiger partial charge is 0.124 e. The molecule has 0 radical (unpaired) electrons. The largest absolute Gasteiger partial charge is 0.303 e. The summed E-state index contributed by atoms with van der Waals surface area (Å²) in [4.78, 5) is 9.97. The zero-order valence-corrected chi connectivity index (χ0v) is 5.08. The van der Waals surface area contributed by atoms with Gasteiger partial charge in [-0.25, -0.2) is 0 Å². The molecule has 0 unspecified atom stereocenters. The molecule has 0 aliphatic rings. The van der Waals surface area contributed by atoms with Crippen molar-refractivity contribution >= 4 is 6.29 Å². The second-order valence-electron chi connectivity index (χ2n) is 1.86. The summed E-state index contributed by atoms with van der Waals surface area (Å²) in [6.45, 7) is 0. The van der Waals surface area contributed by atoms with Crippen LogP contribution in [0.2, 0.25) is 0 Å². The maximum Gasteiger partial charge on any atom is 0.124 e. The van der Waals surface area contributed by atoms with Crippen LogP contribution in [-0.4, -0.2) is 6.29 Å². The van der Waals surface area contributed by atoms with Gasteiger partial charge in [-0.3, -0.25) is 0 Å². The van der Waals surface area contributed by atoms with Gasteiger partial charge in [0.2, 0.25) is 0 Å². The molecule has 0 atom stereocenters. The monoisotopic (exact) mass is 121 g/mol. The second kappa shape index (κ2) is 3.02. The first-order valence-electron chi connectivity index (χ1n) is 2.91. The first-order valence-corrected chi connectivity index (χ1v) is 2.91. The van der Waals surface area contributed by atoms with Crippen molar-refractivity contribution in [3.05, 3.63) is 35.9 Å². The Morgan fingerprint density at radius 3 is 2.44 bits per heavy atom. The van der Waals surface area contributed by atoms with E-state index in [2.05, 4.69) is 0 Å². The van der Waals surface area contributed by atoms with E-state index in [-0.39, 0.29) is 0 Å². The van der Waals surface area contributed by atoms with Gasteiger partial charge in [0.1, 0.15) is 6.29 Å². The van der Waals surface area contributed by atoms with Crippen molar-refractivity contribution in [2.45, 2.75) is 6.42 Å². The quantitative estimate of drug-likeness (QED) is 0.427. The molecule has 0 aliphatic heterocycles. The van der Waals surface area contributed by atoms with Gasteiger partial charge in [0, 0.05) is 6.42 Å². The SMILES string of the molecule is O=[13CH]Cc1ccccc1. The minimum absolute atomic E-state index is 0.529. The number of aldehydes is 1. The number of hydrogen-bond acceptors (Lipinski definition) is 1. The lowest BCUT2D eigenvalue weighted by Crippen LogP contribution is -1.82. The third-order valence-electron chi connectivity index (χ3n) is 1.16. The molecule has 1 nitrogen and oxygen atoms in total. The van der Waals surface area contributed by atoms with E-state index in [0.29, 0.717) is 6.42 Å². The lowest BCUT2D eigenvalue weighted by molar-refractivity contribution is -0.107. The van der Waals surface area contributed by atoms with Gasteiger partial charge in [0.25, 0.3) is 0 Å². The van der Waals surface area contributed by atoms with Crippen molar-refractivity contribution < 1.29 is 4.79 Å². The molecular weight excluding hydrogens is 113 g/mol. The average Bonchev–Trinajstić information content (AvgIpc) is 1.91. The molecule has 0 spiro atoms. The molecule has 46 valence electrons. The van der Waals surface area contributed by atoms with Crippen molar-refractivity contribution in [2.24, 2.45) is 0 Å². The van der Waals surface area contributed by atoms with Gasteiger partial charge in [0.05, 0.1) is 0 Å². The van der Waals surface area contributed by atoms with E-state index < -0.39 is 0 Å². The third-order valence-corrected chi connectivity index (χ3v) is 1.16. The summed E-state index contributed by atoms with van der Waals surface area (Å²) in [6.07, 6.45) is 1.44. The van der Waals surface area contributed by atoms with Crippen molar-refractivity contribution in [2.75, 3.05) is 0 Å².